The van der Waals surface area contributed by atoms with Crippen molar-refractivity contribution in [1.82, 2.24) is 19.5 Å². The molecule has 0 fully saturated rings. The van der Waals surface area contributed by atoms with Gasteiger partial charge < -0.3 is 4.57 Å². The van der Waals surface area contributed by atoms with Crippen LogP contribution in [-0.4, -0.2) is 19.5 Å². The molecule has 37 heavy (non-hydrogen) atoms. The van der Waals surface area contributed by atoms with Crippen LogP contribution in [0.2, 0.25) is 0 Å². The van der Waals surface area contributed by atoms with Gasteiger partial charge in [-0.05, 0) is 71.8 Å². The quantitative estimate of drug-likeness (QED) is 0.254. The minimum Gasteiger partial charge on any atom is -0.309 e. The Morgan fingerprint density at radius 1 is 0.541 bits per heavy atom. The number of rotatable bonds is 5. The summed E-state index contributed by atoms with van der Waals surface area (Å²) >= 11 is 0. The molecule has 4 nitrogen and oxygen atoms in total. The lowest BCUT2D eigenvalue weighted by Crippen LogP contribution is -2.20. The molecule has 4 heterocycles. The van der Waals surface area contributed by atoms with Gasteiger partial charge in [0.15, 0.2) is 0 Å². The summed E-state index contributed by atoms with van der Waals surface area (Å²) in [4.78, 5) is 13.6. The first-order valence-electron chi connectivity index (χ1n) is 12.7. The maximum Gasteiger partial charge on any atom is 0.0541 e. The Morgan fingerprint density at radius 2 is 1.03 bits per heavy atom. The highest BCUT2D eigenvalue weighted by Crippen LogP contribution is 2.39. The Morgan fingerprint density at radius 3 is 1.46 bits per heavy atom. The van der Waals surface area contributed by atoms with Crippen molar-refractivity contribution >= 4 is 21.8 Å². The van der Waals surface area contributed by atoms with Crippen molar-refractivity contribution < 1.29 is 0 Å². The fourth-order valence-corrected chi connectivity index (χ4v) is 5.33. The summed E-state index contributed by atoms with van der Waals surface area (Å²) in [6, 6.07) is 30.1. The number of nitrogens with zero attached hydrogens (tertiary/aromatic N) is 4. The summed E-state index contributed by atoms with van der Waals surface area (Å²) < 4.78 is 2.33. The summed E-state index contributed by atoms with van der Waals surface area (Å²) in [5.41, 5.74) is 7.58. The highest BCUT2D eigenvalue weighted by Gasteiger charge is 2.28. The van der Waals surface area contributed by atoms with Gasteiger partial charge in [-0.25, -0.2) is 0 Å². The van der Waals surface area contributed by atoms with E-state index in [-0.39, 0.29) is 10.8 Å². The van der Waals surface area contributed by atoms with Crippen LogP contribution in [0.15, 0.2) is 110 Å². The first kappa shape index (κ1) is 23.1. The maximum atomic E-state index is 4.68. The van der Waals surface area contributed by atoms with Gasteiger partial charge in [-0.2, -0.15) is 0 Å². The van der Waals surface area contributed by atoms with Crippen molar-refractivity contribution in [3.63, 3.8) is 0 Å². The minimum atomic E-state index is -0.231. The third kappa shape index (κ3) is 3.80. The van der Waals surface area contributed by atoms with E-state index in [0.29, 0.717) is 0 Å². The molecule has 2 aromatic carbocycles. The minimum absolute atomic E-state index is 0.231. The van der Waals surface area contributed by atoms with Crippen molar-refractivity contribution in [3.05, 3.63) is 132 Å². The number of hydrogen-bond donors (Lipinski definition) is 0. The number of pyridine rings is 3. The van der Waals surface area contributed by atoms with Crippen LogP contribution in [-0.2, 0) is 10.8 Å². The van der Waals surface area contributed by atoms with Crippen molar-refractivity contribution in [2.24, 2.45) is 0 Å². The summed E-state index contributed by atoms with van der Waals surface area (Å²) in [7, 11) is 0. The number of hydrogen-bond acceptors (Lipinski definition) is 3. The van der Waals surface area contributed by atoms with E-state index in [1.165, 1.54) is 32.9 Å². The molecule has 0 aliphatic carbocycles. The second-order valence-corrected chi connectivity index (χ2v) is 10.7. The molecule has 6 rings (SSSR count). The van der Waals surface area contributed by atoms with Crippen molar-refractivity contribution in [2.75, 3.05) is 0 Å². The van der Waals surface area contributed by atoms with Crippen LogP contribution < -0.4 is 0 Å². The zero-order valence-corrected chi connectivity index (χ0v) is 21.7. The molecular formula is C33H30N4. The largest absolute Gasteiger partial charge is 0.309 e. The number of aromatic nitrogens is 4. The van der Waals surface area contributed by atoms with Gasteiger partial charge in [-0.3, -0.25) is 15.0 Å². The van der Waals surface area contributed by atoms with Gasteiger partial charge in [0.1, 0.15) is 0 Å². The predicted octanol–water partition coefficient (Wildman–Crippen LogP) is 7.62. The van der Waals surface area contributed by atoms with Crippen LogP contribution in [0.4, 0.5) is 0 Å². The molecule has 6 aromatic rings. The zero-order valence-electron chi connectivity index (χ0n) is 21.7. The molecule has 0 unspecified atom stereocenters. The molecule has 4 heteroatoms. The zero-order chi connectivity index (χ0) is 25.6. The van der Waals surface area contributed by atoms with Crippen LogP contribution in [0.3, 0.4) is 0 Å². The molecule has 0 saturated carbocycles. The molecule has 0 radical (unpaired) electrons. The summed E-state index contributed by atoms with van der Waals surface area (Å²) in [5.74, 6) is 0. The Labute approximate surface area is 217 Å². The molecule has 0 amide bonds. The van der Waals surface area contributed by atoms with E-state index in [1.54, 1.807) is 0 Å². The van der Waals surface area contributed by atoms with Gasteiger partial charge in [0.05, 0.1) is 22.4 Å². The van der Waals surface area contributed by atoms with Gasteiger partial charge in [0.25, 0.3) is 0 Å². The number of benzene rings is 2. The van der Waals surface area contributed by atoms with Crippen LogP contribution in [0.1, 0.15) is 50.2 Å². The topological polar surface area (TPSA) is 43.6 Å². The predicted molar refractivity (Wildman–Crippen MR) is 151 cm³/mol. The van der Waals surface area contributed by atoms with Gasteiger partial charge in [-0.15, -0.1) is 0 Å². The molecule has 0 N–H and O–H groups in total. The van der Waals surface area contributed by atoms with E-state index in [0.717, 1.165) is 17.1 Å². The molecule has 0 aliphatic rings. The Kier molecular flexibility index (Phi) is 5.41. The lowest BCUT2D eigenvalue weighted by atomic mass is 9.79. The molecule has 0 saturated heterocycles. The van der Waals surface area contributed by atoms with Crippen LogP contribution in [0.25, 0.3) is 27.5 Å². The second-order valence-electron chi connectivity index (χ2n) is 10.7. The van der Waals surface area contributed by atoms with E-state index in [2.05, 4.69) is 120 Å². The van der Waals surface area contributed by atoms with Crippen LogP contribution in [0, 0.1) is 0 Å². The lowest BCUT2D eigenvalue weighted by molar-refractivity contribution is 0.617. The van der Waals surface area contributed by atoms with Crippen LogP contribution >= 0.6 is 0 Å². The van der Waals surface area contributed by atoms with E-state index in [4.69, 9.17) is 0 Å². The van der Waals surface area contributed by atoms with Gasteiger partial charge >= 0.3 is 0 Å². The molecule has 0 atom stereocenters. The third-order valence-electron chi connectivity index (χ3n) is 7.74. The fraction of sp³-hybridized carbons (Fsp3) is 0.182. The fourth-order valence-electron chi connectivity index (χ4n) is 5.33. The Bertz CT molecular complexity index is 1590. The monoisotopic (exact) mass is 482 g/mol. The molecule has 182 valence electrons. The third-order valence-corrected chi connectivity index (χ3v) is 7.74. The Balaban J connectivity index is 1.62. The van der Waals surface area contributed by atoms with E-state index >= 15 is 0 Å². The first-order valence-corrected chi connectivity index (χ1v) is 12.7. The summed E-state index contributed by atoms with van der Waals surface area (Å²) in [5, 5.41) is 2.46. The molecular weight excluding hydrogens is 452 g/mol. The van der Waals surface area contributed by atoms with Crippen molar-refractivity contribution in [2.45, 2.75) is 38.5 Å². The van der Waals surface area contributed by atoms with Gasteiger partial charge in [-0.1, -0.05) is 52.0 Å². The highest BCUT2D eigenvalue weighted by atomic mass is 15.0. The Hall–Kier alpha value is -4.31. The average molecular weight is 483 g/mol. The second kappa shape index (κ2) is 8.67. The van der Waals surface area contributed by atoms with Crippen molar-refractivity contribution in [3.8, 4) is 5.69 Å². The molecule has 0 aliphatic heterocycles. The molecule has 0 spiro atoms. The standard InChI is InChI=1S/C33H30N4/c1-32(2,30-9-5-7-17-35-30)23-11-13-28-26(21-23)27-22-24(33(3,4)31-10-6-8-18-36-31)12-14-29(27)37(28)25-15-19-34-20-16-25/h5-22H,1-4H3. The van der Waals surface area contributed by atoms with E-state index in [1.807, 2.05) is 36.9 Å². The van der Waals surface area contributed by atoms with Crippen LogP contribution in [0.5, 0.6) is 0 Å². The average Bonchev–Trinajstić information content (AvgIpc) is 3.27. The normalized spacial score (nSPS) is 12.3. The lowest BCUT2D eigenvalue weighted by Gasteiger charge is -2.25. The summed E-state index contributed by atoms with van der Waals surface area (Å²) in [6.07, 6.45) is 7.45. The molecule has 4 aromatic heterocycles. The maximum absolute atomic E-state index is 4.68. The van der Waals surface area contributed by atoms with Crippen molar-refractivity contribution in [1.29, 1.82) is 0 Å². The van der Waals surface area contributed by atoms with E-state index < -0.39 is 0 Å². The van der Waals surface area contributed by atoms with E-state index in [9.17, 15) is 0 Å². The smallest absolute Gasteiger partial charge is 0.0541 e. The first-order chi connectivity index (χ1) is 17.9. The van der Waals surface area contributed by atoms with Gasteiger partial charge in [0.2, 0.25) is 0 Å². The summed E-state index contributed by atoms with van der Waals surface area (Å²) in [6.45, 7) is 8.98. The number of fused-ring (bicyclic) bond motifs is 3. The SMILES string of the molecule is CC(C)(c1ccc2c(c1)c1cc(C(C)(C)c3ccccn3)ccc1n2-c1ccncc1)c1ccccn1. The van der Waals surface area contributed by atoms with Gasteiger partial charge in [0, 0.05) is 52.1 Å². The highest BCUT2D eigenvalue weighted by molar-refractivity contribution is 6.10. The molecule has 0 bridgehead atoms.